The van der Waals surface area contributed by atoms with Crippen LogP contribution in [0.5, 0.6) is 0 Å². The topological polar surface area (TPSA) is 37.3 Å². The van der Waals surface area contributed by atoms with Gasteiger partial charge in [-0.3, -0.25) is 0 Å². The zero-order chi connectivity index (χ0) is 17.2. The third-order valence-electron chi connectivity index (χ3n) is 4.51. The number of carbonyl (C=O) groups is 1. The lowest BCUT2D eigenvalue weighted by Gasteiger charge is -2.37. The maximum Gasteiger partial charge on any atom is 0.322 e. The van der Waals surface area contributed by atoms with Crippen LogP contribution in [-0.2, 0) is 6.54 Å². The Balaban J connectivity index is 1.65. The second kappa shape index (κ2) is 6.65. The van der Waals surface area contributed by atoms with E-state index >= 15 is 0 Å². The van der Waals surface area contributed by atoms with Gasteiger partial charge in [0.25, 0.3) is 0 Å². The molecule has 0 saturated carbocycles. The number of benzene rings is 2. The first kappa shape index (κ1) is 15.8. The normalized spacial score (nSPS) is 16.4. The van der Waals surface area contributed by atoms with Gasteiger partial charge in [-0.1, -0.05) is 41.9 Å². The standard InChI is InChI=1S/C20H18ClN3O/c21-16-8-10-17(11-9-16)22-20(25)24-14-13-23-12-4-7-18(23)19(24)15-5-2-1-3-6-15/h1-12,19H,13-14H2,(H,22,25)/t19-/m0/s1. The first-order valence-electron chi connectivity index (χ1n) is 8.25. The molecule has 0 unspecified atom stereocenters. The second-order valence-electron chi connectivity index (χ2n) is 6.07. The summed E-state index contributed by atoms with van der Waals surface area (Å²) in [5.41, 5.74) is 2.97. The smallest absolute Gasteiger partial charge is 0.322 e. The fraction of sp³-hybridized carbons (Fsp3) is 0.150. The summed E-state index contributed by atoms with van der Waals surface area (Å²) in [5, 5.41) is 3.63. The molecule has 4 nitrogen and oxygen atoms in total. The Morgan fingerprint density at radius 2 is 1.72 bits per heavy atom. The Morgan fingerprint density at radius 1 is 0.960 bits per heavy atom. The summed E-state index contributed by atoms with van der Waals surface area (Å²) in [4.78, 5) is 14.8. The van der Waals surface area contributed by atoms with Gasteiger partial charge in [0.1, 0.15) is 0 Å². The van der Waals surface area contributed by atoms with Crippen molar-refractivity contribution in [3.05, 3.63) is 89.2 Å². The molecule has 0 radical (unpaired) electrons. The number of nitrogens with zero attached hydrogens (tertiary/aromatic N) is 2. The molecule has 1 aromatic heterocycles. The van der Waals surface area contributed by atoms with Crippen LogP contribution in [-0.4, -0.2) is 22.0 Å². The van der Waals surface area contributed by atoms with Gasteiger partial charge in [0, 0.05) is 35.7 Å². The molecule has 0 bridgehead atoms. The van der Waals surface area contributed by atoms with Crippen LogP contribution in [0.3, 0.4) is 0 Å². The van der Waals surface area contributed by atoms with Gasteiger partial charge in [-0.25, -0.2) is 4.79 Å². The number of hydrogen-bond donors (Lipinski definition) is 1. The van der Waals surface area contributed by atoms with Crippen LogP contribution < -0.4 is 5.32 Å². The summed E-state index contributed by atoms with van der Waals surface area (Å²) in [7, 11) is 0. The van der Waals surface area contributed by atoms with Crippen molar-refractivity contribution in [1.29, 1.82) is 0 Å². The number of carbonyl (C=O) groups excluding carboxylic acids is 1. The Kier molecular flexibility index (Phi) is 4.20. The summed E-state index contributed by atoms with van der Waals surface area (Å²) in [6, 6.07) is 21.2. The molecule has 2 heterocycles. The van der Waals surface area contributed by atoms with E-state index in [2.05, 4.69) is 34.3 Å². The number of anilines is 1. The van der Waals surface area contributed by atoms with Crippen LogP contribution in [0.25, 0.3) is 0 Å². The number of hydrogen-bond acceptors (Lipinski definition) is 1. The number of nitrogens with one attached hydrogen (secondary N) is 1. The molecule has 1 aliphatic rings. The molecule has 1 atom stereocenters. The molecule has 1 N–H and O–H groups in total. The van der Waals surface area contributed by atoms with Crippen molar-refractivity contribution in [1.82, 2.24) is 9.47 Å². The zero-order valence-electron chi connectivity index (χ0n) is 13.6. The summed E-state index contributed by atoms with van der Waals surface area (Å²) in [6.07, 6.45) is 2.07. The van der Waals surface area contributed by atoms with Crippen LogP contribution in [0, 0.1) is 0 Å². The first-order valence-corrected chi connectivity index (χ1v) is 8.63. The SMILES string of the molecule is O=C(Nc1ccc(Cl)cc1)N1CCn2cccc2[C@@H]1c1ccccc1. The van der Waals surface area contributed by atoms with Gasteiger partial charge in [-0.05, 0) is 42.0 Å². The van der Waals surface area contributed by atoms with E-state index in [1.807, 2.05) is 41.3 Å². The molecule has 4 rings (SSSR count). The molecule has 126 valence electrons. The summed E-state index contributed by atoms with van der Waals surface area (Å²) >= 11 is 5.92. The average Bonchev–Trinajstić information content (AvgIpc) is 3.12. The molecule has 0 saturated heterocycles. The third kappa shape index (κ3) is 3.13. The van der Waals surface area contributed by atoms with Crippen LogP contribution in [0.1, 0.15) is 17.3 Å². The van der Waals surface area contributed by atoms with Gasteiger partial charge >= 0.3 is 6.03 Å². The highest BCUT2D eigenvalue weighted by Gasteiger charge is 2.32. The van der Waals surface area contributed by atoms with Crippen molar-refractivity contribution < 1.29 is 4.79 Å². The van der Waals surface area contributed by atoms with E-state index in [1.165, 1.54) is 0 Å². The Labute approximate surface area is 151 Å². The van der Waals surface area contributed by atoms with Crippen LogP contribution in [0.15, 0.2) is 72.9 Å². The lowest BCUT2D eigenvalue weighted by molar-refractivity contribution is 0.182. The third-order valence-corrected chi connectivity index (χ3v) is 4.76. The molecule has 0 spiro atoms. The largest absolute Gasteiger partial charge is 0.348 e. The van der Waals surface area contributed by atoms with E-state index in [9.17, 15) is 4.79 Å². The number of fused-ring (bicyclic) bond motifs is 1. The number of rotatable bonds is 2. The van der Waals surface area contributed by atoms with Crippen molar-refractivity contribution in [2.75, 3.05) is 11.9 Å². The van der Waals surface area contributed by atoms with E-state index in [0.29, 0.717) is 11.6 Å². The van der Waals surface area contributed by atoms with Gasteiger partial charge in [0.15, 0.2) is 0 Å². The van der Waals surface area contributed by atoms with E-state index in [0.717, 1.165) is 23.5 Å². The number of aromatic nitrogens is 1. The predicted molar refractivity (Wildman–Crippen MR) is 99.9 cm³/mol. The van der Waals surface area contributed by atoms with E-state index in [-0.39, 0.29) is 12.1 Å². The van der Waals surface area contributed by atoms with Gasteiger partial charge in [0.05, 0.1) is 6.04 Å². The fourth-order valence-corrected chi connectivity index (χ4v) is 3.44. The second-order valence-corrected chi connectivity index (χ2v) is 6.51. The highest BCUT2D eigenvalue weighted by Crippen LogP contribution is 2.32. The average molecular weight is 352 g/mol. The van der Waals surface area contributed by atoms with Gasteiger partial charge in [-0.2, -0.15) is 0 Å². The zero-order valence-corrected chi connectivity index (χ0v) is 14.4. The molecule has 25 heavy (non-hydrogen) atoms. The number of halogens is 1. The first-order chi connectivity index (χ1) is 12.2. The lowest BCUT2D eigenvalue weighted by atomic mass is 10.0. The predicted octanol–water partition coefficient (Wildman–Crippen LogP) is 4.78. The quantitative estimate of drug-likeness (QED) is 0.709. The van der Waals surface area contributed by atoms with E-state index < -0.39 is 0 Å². The highest BCUT2D eigenvalue weighted by molar-refractivity contribution is 6.30. The maximum atomic E-state index is 12.9. The van der Waals surface area contributed by atoms with Crippen molar-refractivity contribution in [3.8, 4) is 0 Å². The van der Waals surface area contributed by atoms with E-state index in [4.69, 9.17) is 11.6 Å². The highest BCUT2D eigenvalue weighted by atomic mass is 35.5. The molecular formula is C20H18ClN3O. The minimum atomic E-state index is -0.108. The molecule has 3 aromatic rings. The molecule has 0 fully saturated rings. The molecule has 0 aliphatic carbocycles. The Bertz CT molecular complexity index is 873. The molecule has 1 aliphatic heterocycles. The molecular weight excluding hydrogens is 334 g/mol. The van der Waals surface area contributed by atoms with Crippen LogP contribution >= 0.6 is 11.6 Å². The molecule has 2 amide bonds. The van der Waals surface area contributed by atoms with Crippen LogP contribution in [0.4, 0.5) is 10.5 Å². The van der Waals surface area contributed by atoms with Crippen molar-refractivity contribution in [2.24, 2.45) is 0 Å². The summed E-state index contributed by atoms with van der Waals surface area (Å²) in [5.74, 6) is 0. The lowest BCUT2D eigenvalue weighted by Crippen LogP contribution is -2.44. The Hall–Kier alpha value is -2.72. The minimum Gasteiger partial charge on any atom is -0.348 e. The van der Waals surface area contributed by atoms with Crippen molar-refractivity contribution >= 4 is 23.3 Å². The summed E-state index contributed by atoms with van der Waals surface area (Å²) < 4.78 is 2.21. The molecule has 5 heteroatoms. The Morgan fingerprint density at radius 3 is 2.48 bits per heavy atom. The van der Waals surface area contributed by atoms with Gasteiger partial charge < -0.3 is 14.8 Å². The summed E-state index contributed by atoms with van der Waals surface area (Å²) in [6.45, 7) is 1.44. The van der Waals surface area contributed by atoms with Crippen molar-refractivity contribution in [2.45, 2.75) is 12.6 Å². The van der Waals surface area contributed by atoms with Gasteiger partial charge in [-0.15, -0.1) is 0 Å². The number of amides is 2. The maximum absolute atomic E-state index is 12.9. The van der Waals surface area contributed by atoms with Gasteiger partial charge in [0.2, 0.25) is 0 Å². The fourth-order valence-electron chi connectivity index (χ4n) is 3.32. The van der Waals surface area contributed by atoms with Crippen molar-refractivity contribution in [3.63, 3.8) is 0 Å². The monoisotopic (exact) mass is 351 g/mol. The van der Waals surface area contributed by atoms with Crippen LogP contribution in [0.2, 0.25) is 5.02 Å². The molecule has 2 aromatic carbocycles. The number of urea groups is 1. The minimum absolute atomic E-state index is 0.0998. The van der Waals surface area contributed by atoms with E-state index in [1.54, 1.807) is 12.1 Å².